The van der Waals surface area contributed by atoms with Gasteiger partial charge in [0.1, 0.15) is 17.0 Å². The fourth-order valence-electron chi connectivity index (χ4n) is 2.55. The smallest absolute Gasteiger partial charge is 0.272 e. The van der Waals surface area contributed by atoms with Crippen molar-refractivity contribution in [3.63, 3.8) is 0 Å². The summed E-state index contributed by atoms with van der Waals surface area (Å²) < 4.78 is 6.52. The molecule has 0 aliphatic carbocycles. The zero-order valence-corrected chi connectivity index (χ0v) is 13.9. The molecule has 118 valence electrons. The summed E-state index contributed by atoms with van der Waals surface area (Å²) in [7, 11) is 0. The third-order valence-corrected chi connectivity index (χ3v) is 4.18. The van der Waals surface area contributed by atoms with E-state index in [0.29, 0.717) is 28.1 Å². The lowest BCUT2D eigenvalue weighted by Gasteiger charge is -2.20. The van der Waals surface area contributed by atoms with Gasteiger partial charge in [0, 0.05) is 16.6 Å². The van der Waals surface area contributed by atoms with Crippen LogP contribution in [0.4, 0.5) is 11.4 Å². The Morgan fingerprint density at radius 2 is 1.71 bits per heavy atom. The molecule has 5 nitrogen and oxygen atoms in total. The second kappa shape index (κ2) is 5.65. The predicted octanol–water partition coefficient (Wildman–Crippen LogP) is 3.96. The highest BCUT2D eigenvalue weighted by Crippen LogP contribution is 2.28. The molecule has 4 rings (SSSR count). The molecule has 2 N–H and O–H groups in total. The number of amides is 1. The van der Waals surface area contributed by atoms with Gasteiger partial charge in [-0.25, -0.2) is 0 Å². The van der Waals surface area contributed by atoms with Crippen LogP contribution in [0, 0.1) is 0 Å². The monoisotopic (exact) mass is 382 g/mol. The van der Waals surface area contributed by atoms with Crippen molar-refractivity contribution in [2.75, 3.05) is 10.6 Å². The van der Waals surface area contributed by atoms with Gasteiger partial charge in [0.2, 0.25) is 0 Å². The van der Waals surface area contributed by atoms with Gasteiger partial charge in [-0.2, -0.15) is 0 Å². The van der Waals surface area contributed by atoms with Crippen LogP contribution in [0.5, 0.6) is 0 Å². The number of rotatable bonds is 1. The van der Waals surface area contributed by atoms with Gasteiger partial charge < -0.3 is 15.1 Å². The maximum Gasteiger partial charge on any atom is 0.272 e. The van der Waals surface area contributed by atoms with Crippen LogP contribution in [0.3, 0.4) is 0 Å². The molecule has 0 fully saturated rings. The van der Waals surface area contributed by atoms with Crippen LogP contribution < -0.4 is 16.1 Å². The van der Waals surface area contributed by atoms with E-state index < -0.39 is 0 Å². The predicted molar refractivity (Wildman–Crippen MR) is 96.9 cm³/mol. The topological polar surface area (TPSA) is 71.3 Å². The number of fused-ring (bicyclic) bond motifs is 2. The number of carbonyl (C=O) groups is 1. The minimum Gasteiger partial charge on any atom is -0.456 e. The Bertz CT molecular complexity index is 1070. The van der Waals surface area contributed by atoms with Gasteiger partial charge in [-0.15, -0.1) is 0 Å². The van der Waals surface area contributed by atoms with Crippen LogP contribution >= 0.6 is 15.9 Å². The van der Waals surface area contributed by atoms with E-state index in [2.05, 4.69) is 26.6 Å². The van der Waals surface area contributed by atoms with Crippen LogP contribution in [0.1, 0.15) is 5.76 Å². The van der Waals surface area contributed by atoms with Crippen molar-refractivity contribution < 1.29 is 9.21 Å². The molecule has 2 heterocycles. The number of anilines is 2. The Labute approximate surface area is 145 Å². The number of hydrogen-bond donors (Lipinski definition) is 2. The number of carbonyl (C=O) groups excluding carboxylic acids is 1. The molecule has 0 unspecified atom stereocenters. The van der Waals surface area contributed by atoms with E-state index in [1.807, 2.05) is 24.3 Å². The summed E-state index contributed by atoms with van der Waals surface area (Å²) in [5.41, 5.74) is 2.11. The molecule has 1 aliphatic rings. The molecular weight excluding hydrogens is 372 g/mol. The summed E-state index contributed by atoms with van der Waals surface area (Å²) in [6, 6.07) is 14.0. The van der Waals surface area contributed by atoms with Crippen molar-refractivity contribution in [3.8, 4) is 0 Å². The van der Waals surface area contributed by atoms with E-state index in [-0.39, 0.29) is 11.3 Å². The lowest BCUT2D eigenvalue weighted by atomic mass is 10.1. The maximum atomic E-state index is 12.2. The number of halogens is 1. The number of para-hydroxylation sites is 2. The standard InChI is InChI=1S/C18H11BrN2O3/c19-10-5-6-17-12(7-10)16(22)9-11(24-17)8-15-18(23)21-14-4-2-1-3-13(14)20-15/h1-9,20H,(H,21,23). The van der Waals surface area contributed by atoms with Crippen molar-refractivity contribution >= 4 is 50.3 Å². The zero-order valence-electron chi connectivity index (χ0n) is 12.3. The first kappa shape index (κ1) is 14.7. The van der Waals surface area contributed by atoms with E-state index in [9.17, 15) is 9.59 Å². The molecule has 6 heteroatoms. The lowest BCUT2D eigenvalue weighted by molar-refractivity contribution is -0.112. The third kappa shape index (κ3) is 2.61. The van der Waals surface area contributed by atoms with Gasteiger partial charge >= 0.3 is 0 Å². The Kier molecular flexibility index (Phi) is 3.46. The molecular formula is C18H11BrN2O3. The Morgan fingerprint density at radius 3 is 2.50 bits per heavy atom. The molecule has 1 amide bonds. The van der Waals surface area contributed by atoms with E-state index >= 15 is 0 Å². The van der Waals surface area contributed by atoms with E-state index in [1.54, 1.807) is 18.2 Å². The van der Waals surface area contributed by atoms with E-state index in [0.717, 1.165) is 10.2 Å². The highest BCUT2D eigenvalue weighted by Gasteiger charge is 2.19. The summed E-state index contributed by atoms with van der Waals surface area (Å²) >= 11 is 3.33. The molecule has 1 aliphatic heterocycles. The van der Waals surface area contributed by atoms with Crippen molar-refractivity contribution in [2.24, 2.45) is 0 Å². The SMILES string of the molecule is O=C1Nc2ccccc2NC1=Cc1cc(=O)c2cc(Br)ccc2o1. The molecule has 1 aromatic heterocycles. The maximum absolute atomic E-state index is 12.2. The summed E-state index contributed by atoms with van der Waals surface area (Å²) in [4.78, 5) is 24.4. The number of benzene rings is 2. The molecule has 0 saturated carbocycles. The van der Waals surface area contributed by atoms with Gasteiger partial charge in [0.15, 0.2) is 5.43 Å². The number of nitrogens with one attached hydrogen (secondary N) is 2. The van der Waals surface area contributed by atoms with Crippen molar-refractivity contribution in [2.45, 2.75) is 0 Å². The first-order valence-corrected chi connectivity index (χ1v) is 8.02. The quantitative estimate of drug-likeness (QED) is 0.624. The lowest BCUT2D eigenvalue weighted by Crippen LogP contribution is -2.25. The first-order valence-electron chi connectivity index (χ1n) is 7.23. The second-order valence-electron chi connectivity index (χ2n) is 5.34. The Morgan fingerprint density at radius 1 is 0.958 bits per heavy atom. The van der Waals surface area contributed by atoms with Crippen molar-refractivity contribution in [1.82, 2.24) is 0 Å². The van der Waals surface area contributed by atoms with Gasteiger partial charge in [-0.05, 0) is 30.3 Å². The molecule has 3 aromatic rings. The van der Waals surface area contributed by atoms with Crippen LogP contribution in [0.2, 0.25) is 0 Å². The average Bonchev–Trinajstić information content (AvgIpc) is 2.56. The Hall–Kier alpha value is -2.86. The number of hydrogen-bond acceptors (Lipinski definition) is 4. The highest BCUT2D eigenvalue weighted by atomic mass is 79.9. The van der Waals surface area contributed by atoms with Crippen LogP contribution in [0.25, 0.3) is 17.0 Å². The summed E-state index contributed by atoms with van der Waals surface area (Å²) in [5.74, 6) is 0.0269. The molecule has 0 radical (unpaired) electrons. The van der Waals surface area contributed by atoms with E-state index in [4.69, 9.17) is 4.42 Å². The fraction of sp³-hybridized carbons (Fsp3) is 0. The largest absolute Gasteiger partial charge is 0.456 e. The van der Waals surface area contributed by atoms with Crippen molar-refractivity contribution in [3.05, 3.63) is 74.7 Å². The molecule has 0 spiro atoms. The van der Waals surface area contributed by atoms with Crippen LogP contribution in [-0.2, 0) is 4.79 Å². The fourth-order valence-corrected chi connectivity index (χ4v) is 2.92. The van der Waals surface area contributed by atoms with Crippen molar-refractivity contribution in [1.29, 1.82) is 0 Å². The van der Waals surface area contributed by atoms with E-state index in [1.165, 1.54) is 12.1 Å². The second-order valence-corrected chi connectivity index (χ2v) is 6.25. The summed E-state index contributed by atoms with van der Waals surface area (Å²) in [5, 5.41) is 6.33. The minimum atomic E-state index is -0.285. The molecule has 0 saturated heterocycles. The molecule has 0 bridgehead atoms. The van der Waals surface area contributed by atoms with Gasteiger partial charge in [-0.3, -0.25) is 9.59 Å². The first-order chi connectivity index (χ1) is 11.6. The highest BCUT2D eigenvalue weighted by molar-refractivity contribution is 9.10. The Balaban J connectivity index is 1.79. The zero-order chi connectivity index (χ0) is 16.7. The minimum absolute atomic E-state index is 0.166. The van der Waals surface area contributed by atoms with Gasteiger partial charge in [0.25, 0.3) is 5.91 Å². The van der Waals surface area contributed by atoms with Gasteiger partial charge in [-0.1, -0.05) is 28.1 Å². The summed E-state index contributed by atoms with van der Waals surface area (Å²) in [6.07, 6.45) is 1.52. The molecule has 0 atom stereocenters. The summed E-state index contributed by atoms with van der Waals surface area (Å²) in [6.45, 7) is 0. The van der Waals surface area contributed by atoms with Crippen LogP contribution in [0.15, 0.2) is 67.9 Å². The third-order valence-electron chi connectivity index (χ3n) is 3.68. The average molecular weight is 383 g/mol. The molecule has 24 heavy (non-hydrogen) atoms. The molecule has 2 aromatic carbocycles. The van der Waals surface area contributed by atoms with Crippen LogP contribution in [-0.4, -0.2) is 5.91 Å². The van der Waals surface area contributed by atoms with Gasteiger partial charge in [0.05, 0.1) is 16.8 Å². The normalized spacial score (nSPS) is 15.0.